The molecular formula is C14H23NO2. The molecular weight excluding hydrogens is 214 g/mol. The molecule has 3 nitrogen and oxygen atoms in total. The molecule has 0 bridgehead atoms. The van der Waals surface area contributed by atoms with Gasteiger partial charge >= 0.3 is 0 Å². The molecule has 2 unspecified atom stereocenters. The van der Waals surface area contributed by atoms with Gasteiger partial charge in [-0.3, -0.25) is 0 Å². The normalized spacial score (nSPS) is 14.6. The van der Waals surface area contributed by atoms with Crippen LogP contribution in [-0.2, 0) is 11.3 Å². The summed E-state index contributed by atoms with van der Waals surface area (Å²) in [4.78, 5) is 0. The van der Waals surface area contributed by atoms with E-state index >= 15 is 0 Å². The number of methoxy groups -OCH3 is 1. The van der Waals surface area contributed by atoms with Gasteiger partial charge in [0.1, 0.15) is 0 Å². The second kappa shape index (κ2) is 7.43. The highest BCUT2D eigenvalue weighted by atomic mass is 16.5. The summed E-state index contributed by atoms with van der Waals surface area (Å²) in [6.07, 6.45) is 1.04. The quantitative estimate of drug-likeness (QED) is 0.764. The van der Waals surface area contributed by atoms with Gasteiger partial charge in [-0.05, 0) is 24.5 Å². The number of hydrogen-bond donors (Lipinski definition) is 2. The van der Waals surface area contributed by atoms with Crippen LogP contribution in [0.15, 0.2) is 24.3 Å². The topological polar surface area (TPSA) is 41.5 Å². The Morgan fingerprint density at radius 3 is 2.65 bits per heavy atom. The van der Waals surface area contributed by atoms with Crippen molar-refractivity contribution in [3.8, 4) is 0 Å². The summed E-state index contributed by atoms with van der Waals surface area (Å²) in [6.45, 7) is 4.94. The lowest BCUT2D eigenvalue weighted by molar-refractivity contribution is 0.181. The molecule has 0 aliphatic carbocycles. The molecule has 1 aromatic carbocycles. The van der Waals surface area contributed by atoms with E-state index in [0.717, 1.165) is 17.5 Å². The van der Waals surface area contributed by atoms with E-state index in [0.29, 0.717) is 12.6 Å². The van der Waals surface area contributed by atoms with Crippen LogP contribution in [0.4, 0.5) is 0 Å². The predicted molar refractivity (Wildman–Crippen MR) is 69.9 cm³/mol. The van der Waals surface area contributed by atoms with Gasteiger partial charge in [-0.25, -0.2) is 0 Å². The molecule has 0 spiro atoms. The smallest absolute Gasteiger partial charge is 0.0716 e. The summed E-state index contributed by atoms with van der Waals surface area (Å²) in [5, 5.41) is 12.9. The molecule has 1 rings (SSSR count). The Hall–Kier alpha value is -0.900. The summed E-state index contributed by atoms with van der Waals surface area (Å²) in [6, 6.07) is 8.45. The second-order valence-electron chi connectivity index (χ2n) is 4.34. The first kappa shape index (κ1) is 14.2. The van der Waals surface area contributed by atoms with Crippen LogP contribution in [0.2, 0.25) is 0 Å². The highest BCUT2D eigenvalue weighted by Gasteiger charge is 2.15. The average Bonchev–Trinajstić information content (AvgIpc) is 2.37. The Bertz CT molecular complexity index is 328. The van der Waals surface area contributed by atoms with Crippen LogP contribution in [-0.4, -0.2) is 24.9 Å². The van der Waals surface area contributed by atoms with E-state index in [1.165, 1.54) is 0 Å². The zero-order valence-corrected chi connectivity index (χ0v) is 10.9. The van der Waals surface area contributed by atoms with Crippen molar-refractivity contribution < 1.29 is 9.84 Å². The molecule has 0 saturated carbocycles. The lowest BCUT2D eigenvalue weighted by atomic mass is 10.00. The molecule has 17 heavy (non-hydrogen) atoms. The van der Waals surface area contributed by atoms with Gasteiger partial charge < -0.3 is 15.2 Å². The first-order chi connectivity index (χ1) is 8.22. The summed E-state index contributed by atoms with van der Waals surface area (Å²) in [5.74, 6) is 0. The van der Waals surface area contributed by atoms with E-state index in [-0.39, 0.29) is 12.6 Å². The standard InChI is InChI=1S/C14H23NO2/c1-4-11(2)15-14(9-16)13-8-6-5-7-12(13)10-17-3/h5-8,11,14-16H,4,9-10H2,1-3H3. The van der Waals surface area contributed by atoms with Gasteiger partial charge in [-0.2, -0.15) is 0 Å². The Kier molecular flexibility index (Phi) is 6.19. The molecule has 0 fully saturated rings. The number of rotatable bonds is 7. The first-order valence-electron chi connectivity index (χ1n) is 6.16. The molecule has 3 heteroatoms. The molecule has 0 aromatic heterocycles. The van der Waals surface area contributed by atoms with Gasteiger partial charge in [-0.1, -0.05) is 31.2 Å². The van der Waals surface area contributed by atoms with Crippen molar-refractivity contribution in [3.63, 3.8) is 0 Å². The van der Waals surface area contributed by atoms with Crippen LogP contribution in [0, 0.1) is 0 Å². The Labute approximate surface area is 104 Å². The molecule has 2 atom stereocenters. The molecule has 2 N–H and O–H groups in total. The van der Waals surface area contributed by atoms with Crippen molar-refractivity contribution in [2.24, 2.45) is 0 Å². The summed E-state index contributed by atoms with van der Waals surface area (Å²) in [5.41, 5.74) is 2.25. The van der Waals surface area contributed by atoms with E-state index in [1.807, 2.05) is 24.3 Å². The number of aliphatic hydroxyl groups excluding tert-OH is 1. The predicted octanol–water partition coefficient (Wildman–Crippen LogP) is 2.25. The van der Waals surface area contributed by atoms with Gasteiger partial charge in [-0.15, -0.1) is 0 Å². The van der Waals surface area contributed by atoms with Crippen molar-refractivity contribution >= 4 is 0 Å². The van der Waals surface area contributed by atoms with Crippen molar-refractivity contribution in [3.05, 3.63) is 35.4 Å². The lowest BCUT2D eigenvalue weighted by Gasteiger charge is -2.23. The van der Waals surface area contributed by atoms with E-state index < -0.39 is 0 Å². The molecule has 0 heterocycles. The molecule has 1 aromatic rings. The zero-order chi connectivity index (χ0) is 12.7. The Morgan fingerprint density at radius 2 is 2.06 bits per heavy atom. The van der Waals surface area contributed by atoms with Gasteiger partial charge in [0.25, 0.3) is 0 Å². The number of hydrogen-bond acceptors (Lipinski definition) is 3. The fourth-order valence-electron chi connectivity index (χ4n) is 1.86. The summed E-state index contributed by atoms with van der Waals surface area (Å²) < 4.78 is 5.19. The van der Waals surface area contributed by atoms with E-state index in [9.17, 15) is 5.11 Å². The van der Waals surface area contributed by atoms with Crippen molar-refractivity contribution in [2.45, 2.75) is 39.0 Å². The molecule has 0 saturated heterocycles. The number of aliphatic hydroxyl groups is 1. The van der Waals surface area contributed by atoms with Crippen LogP contribution in [0.25, 0.3) is 0 Å². The molecule has 0 aliphatic rings. The number of nitrogens with one attached hydrogen (secondary N) is 1. The van der Waals surface area contributed by atoms with Crippen molar-refractivity contribution in [1.29, 1.82) is 0 Å². The van der Waals surface area contributed by atoms with E-state index in [1.54, 1.807) is 7.11 Å². The SMILES string of the molecule is CCC(C)NC(CO)c1ccccc1COC. The fourth-order valence-corrected chi connectivity index (χ4v) is 1.86. The number of ether oxygens (including phenoxy) is 1. The van der Waals surface area contributed by atoms with E-state index in [2.05, 4.69) is 19.2 Å². The van der Waals surface area contributed by atoms with E-state index in [4.69, 9.17) is 4.74 Å². The Balaban J connectivity index is 2.86. The van der Waals surface area contributed by atoms with Crippen LogP contribution in [0.3, 0.4) is 0 Å². The van der Waals surface area contributed by atoms with Gasteiger partial charge in [0.2, 0.25) is 0 Å². The zero-order valence-electron chi connectivity index (χ0n) is 10.9. The van der Waals surface area contributed by atoms with Crippen LogP contribution < -0.4 is 5.32 Å². The maximum absolute atomic E-state index is 9.51. The summed E-state index contributed by atoms with van der Waals surface area (Å²) in [7, 11) is 1.69. The van der Waals surface area contributed by atoms with Crippen LogP contribution >= 0.6 is 0 Å². The third kappa shape index (κ3) is 4.11. The van der Waals surface area contributed by atoms with Crippen molar-refractivity contribution in [2.75, 3.05) is 13.7 Å². The maximum Gasteiger partial charge on any atom is 0.0716 e. The number of benzene rings is 1. The fraction of sp³-hybridized carbons (Fsp3) is 0.571. The van der Waals surface area contributed by atoms with Crippen molar-refractivity contribution in [1.82, 2.24) is 5.32 Å². The Morgan fingerprint density at radius 1 is 1.35 bits per heavy atom. The molecule has 0 radical (unpaired) electrons. The highest BCUT2D eigenvalue weighted by Crippen LogP contribution is 2.19. The monoisotopic (exact) mass is 237 g/mol. The van der Waals surface area contributed by atoms with Gasteiger partial charge in [0, 0.05) is 13.2 Å². The lowest BCUT2D eigenvalue weighted by Crippen LogP contribution is -2.32. The largest absolute Gasteiger partial charge is 0.394 e. The molecule has 0 amide bonds. The minimum absolute atomic E-state index is 0.0173. The minimum Gasteiger partial charge on any atom is -0.394 e. The van der Waals surface area contributed by atoms with Crippen LogP contribution in [0.1, 0.15) is 37.4 Å². The average molecular weight is 237 g/mol. The maximum atomic E-state index is 9.51. The molecule has 96 valence electrons. The summed E-state index contributed by atoms with van der Waals surface area (Å²) >= 11 is 0. The first-order valence-corrected chi connectivity index (χ1v) is 6.16. The third-order valence-corrected chi connectivity index (χ3v) is 3.01. The second-order valence-corrected chi connectivity index (χ2v) is 4.34. The minimum atomic E-state index is -0.0173. The highest BCUT2D eigenvalue weighted by molar-refractivity contribution is 5.29. The molecule has 0 aliphatic heterocycles. The van der Waals surface area contributed by atoms with Gasteiger partial charge in [0.05, 0.1) is 19.3 Å². The van der Waals surface area contributed by atoms with Gasteiger partial charge in [0.15, 0.2) is 0 Å². The third-order valence-electron chi connectivity index (χ3n) is 3.01. The van der Waals surface area contributed by atoms with Crippen LogP contribution in [0.5, 0.6) is 0 Å².